The first-order valence-corrected chi connectivity index (χ1v) is 7.47. The van der Waals surface area contributed by atoms with Crippen LogP contribution in [0.1, 0.15) is 30.5 Å². The van der Waals surface area contributed by atoms with Crippen LogP contribution in [0.25, 0.3) is 11.4 Å². The Morgan fingerprint density at radius 1 is 1.36 bits per heavy atom. The van der Waals surface area contributed by atoms with E-state index in [1.807, 2.05) is 19.1 Å². The molecule has 2 heterocycles. The van der Waals surface area contributed by atoms with E-state index in [0.29, 0.717) is 29.4 Å². The van der Waals surface area contributed by atoms with E-state index in [9.17, 15) is 9.90 Å². The van der Waals surface area contributed by atoms with Crippen molar-refractivity contribution in [3.63, 3.8) is 0 Å². The lowest BCUT2D eigenvalue weighted by molar-refractivity contribution is -0.0202. The van der Waals surface area contributed by atoms with Gasteiger partial charge >= 0.3 is 0 Å². The van der Waals surface area contributed by atoms with Gasteiger partial charge in [-0.05, 0) is 45.2 Å². The summed E-state index contributed by atoms with van der Waals surface area (Å²) in [5.41, 5.74) is 1.39. The van der Waals surface area contributed by atoms with Gasteiger partial charge in [-0.2, -0.15) is 0 Å². The van der Waals surface area contributed by atoms with Crippen molar-refractivity contribution in [2.75, 3.05) is 11.9 Å². The highest BCUT2D eigenvalue weighted by atomic mass is 16.3. The van der Waals surface area contributed by atoms with Gasteiger partial charge in [0.1, 0.15) is 11.6 Å². The molecule has 0 unspecified atom stereocenters. The molecule has 1 saturated carbocycles. The first-order valence-electron chi connectivity index (χ1n) is 7.47. The molecule has 3 N–H and O–H groups in total. The van der Waals surface area contributed by atoms with Crippen molar-refractivity contribution < 1.29 is 5.11 Å². The minimum atomic E-state index is -0.582. The van der Waals surface area contributed by atoms with E-state index in [1.165, 1.54) is 0 Å². The molecule has 1 aliphatic rings. The molecule has 6 nitrogen and oxygen atoms in total. The summed E-state index contributed by atoms with van der Waals surface area (Å²) in [6.45, 7) is 4.08. The molecule has 0 aliphatic heterocycles. The van der Waals surface area contributed by atoms with Crippen molar-refractivity contribution >= 4 is 5.82 Å². The van der Waals surface area contributed by atoms with Crippen molar-refractivity contribution in [1.82, 2.24) is 15.0 Å². The van der Waals surface area contributed by atoms with Gasteiger partial charge in [0.15, 0.2) is 0 Å². The lowest BCUT2D eigenvalue weighted by Crippen LogP contribution is -2.43. The number of anilines is 1. The maximum Gasteiger partial charge on any atom is 0.254 e. The van der Waals surface area contributed by atoms with Crippen molar-refractivity contribution in [2.45, 2.75) is 38.7 Å². The summed E-state index contributed by atoms with van der Waals surface area (Å²) in [6.07, 6.45) is 4.42. The average Bonchev–Trinajstić information content (AvgIpc) is 2.49. The Morgan fingerprint density at radius 2 is 2.14 bits per heavy atom. The van der Waals surface area contributed by atoms with Gasteiger partial charge in [0, 0.05) is 29.6 Å². The molecule has 2 aromatic heterocycles. The molecule has 1 fully saturated rings. The van der Waals surface area contributed by atoms with Crippen molar-refractivity contribution in [3.05, 3.63) is 39.9 Å². The minimum Gasteiger partial charge on any atom is -0.388 e. The summed E-state index contributed by atoms with van der Waals surface area (Å²) >= 11 is 0. The first kappa shape index (κ1) is 14.7. The molecular formula is C16H20N4O2. The van der Waals surface area contributed by atoms with E-state index < -0.39 is 5.60 Å². The van der Waals surface area contributed by atoms with Crippen LogP contribution in [0.2, 0.25) is 0 Å². The zero-order chi connectivity index (χ0) is 15.7. The molecule has 0 bridgehead atoms. The Balaban J connectivity index is 1.75. The van der Waals surface area contributed by atoms with Gasteiger partial charge in [-0.1, -0.05) is 0 Å². The molecule has 0 aromatic carbocycles. The molecule has 22 heavy (non-hydrogen) atoms. The van der Waals surface area contributed by atoms with Gasteiger partial charge < -0.3 is 15.4 Å². The lowest BCUT2D eigenvalue weighted by Gasteiger charge is -2.36. The number of pyridine rings is 1. The largest absolute Gasteiger partial charge is 0.388 e. The number of rotatable bonds is 4. The summed E-state index contributed by atoms with van der Waals surface area (Å²) in [5, 5.41) is 13.2. The molecule has 0 radical (unpaired) electrons. The van der Waals surface area contributed by atoms with Crippen LogP contribution in [0, 0.1) is 13.8 Å². The Hall–Kier alpha value is -2.21. The molecule has 116 valence electrons. The van der Waals surface area contributed by atoms with Crippen LogP contribution >= 0.6 is 0 Å². The summed E-state index contributed by atoms with van der Waals surface area (Å²) < 4.78 is 0. The summed E-state index contributed by atoms with van der Waals surface area (Å²) in [4.78, 5) is 23.3. The predicted octanol–water partition coefficient (Wildman–Crippen LogP) is 1.78. The Kier molecular flexibility index (Phi) is 3.70. The number of nitrogens with one attached hydrogen (secondary N) is 2. The summed E-state index contributed by atoms with van der Waals surface area (Å²) in [6, 6.07) is 3.68. The number of H-pyrrole nitrogens is 1. The second-order valence-corrected chi connectivity index (χ2v) is 5.99. The van der Waals surface area contributed by atoms with Crippen LogP contribution in [-0.4, -0.2) is 32.2 Å². The van der Waals surface area contributed by atoms with Crippen LogP contribution in [0.15, 0.2) is 23.1 Å². The molecule has 0 saturated heterocycles. The van der Waals surface area contributed by atoms with E-state index in [0.717, 1.165) is 24.8 Å². The van der Waals surface area contributed by atoms with Gasteiger partial charge in [0.2, 0.25) is 0 Å². The van der Waals surface area contributed by atoms with E-state index in [-0.39, 0.29) is 5.56 Å². The number of aromatic nitrogens is 3. The smallest absolute Gasteiger partial charge is 0.254 e. The number of nitrogens with zero attached hydrogens (tertiary/aromatic N) is 2. The SMILES string of the molecule is Cc1nc(-c2ccc(NCC3(O)CCC3)nc2)[nH]c(=O)c1C. The molecule has 2 aromatic rings. The first-order chi connectivity index (χ1) is 10.5. The standard InChI is InChI=1S/C16H20N4O2/c1-10-11(2)19-14(20-15(10)21)12-4-5-13(17-8-12)18-9-16(22)6-3-7-16/h4-5,8,22H,3,6-7,9H2,1-2H3,(H,17,18)(H,19,20,21). The van der Waals surface area contributed by atoms with Crippen LogP contribution in [-0.2, 0) is 0 Å². The maximum atomic E-state index is 11.8. The van der Waals surface area contributed by atoms with Gasteiger partial charge in [-0.3, -0.25) is 4.79 Å². The third kappa shape index (κ3) is 2.87. The van der Waals surface area contributed by atoms with Crippen LogP contribution < -0.4 is 10.9 Å². The fourth-order valence-electron chi connectivity index (χ4n) is 2.44. The fourth-order valence-corrected chi connectivity index (χ4v) is 2.44. The number of aliphatic hydroxyl groups is 1. The average molecular weight is 300 g/mol. The Bertz CT molecular complexity index is 733. The summed E-state index contributed by atoms with van der Waals surface area (Å²) in [5.74, 6) is 1.22. The third-order valence-corrected chi connectivity index (χ3v) is 4.31. The van der Waals surface area contributed by atoms with E-state index >= 15 is 0 Å². The van der Waals surface area contributed by atoms with E-state index in [2.05, 4.69) is 20.3 Å². The lowest BCUT2D eigenvalue weighted by atomic mass is 9.80. The third-order valence-electron chi connectivity index (χ3n) is 4.31. The Morgan fingerprint density at radius 3 is 2.68 bits per heavy atom. The van der Waals surface area contributed by atoms with Crippen molar-refractivity contribution in [3.8, 4) is 11.4 Å². The van der Waals surface area contributed by atoms with Gasteiger partial charge in [-0.15, -0.1) is 0 Å². The van der Waals surface area contributed by atoms with Crippen molar-refractivity contribution in [1.29, 1.82) is 0 Å². The van der Waals surface area contributed by atoms with Gasteiger partial charge in [-0.25, -0.2) is 9.97 Å². The molecule has 0 amide bonds. The second kappa shape index (κ2) is 5.53. The number of aromatic amines is 1. The number of hydrogen-bond donors (Lipinski definition) is 3. The van der Waals surface area contributed by atoms with E-state index in [4.69, 9.17) is 0 Å². The predicted molar refractivity (Wildman–Crippen MR) is 84.9 cm³/mol. The van der Waals surface area contributed by atoms with Crippen LogP contribution in [0.4, 0.5) is 5.82 Å². The monoisotopic (exact) mass is 300 g/mol. The molecule has 3 rings (SSSR count). The Labute approximate surface area is 128 Å². The summed E-state index contributed by atoms with van der Waals surface area (Å²) in [7, 11) is 0. The van der Waals surface area contributed by atoms with Crippen molar-refractivity contribution in [2.24, 2.45) is 0 Å². The normalized spacial score (nSPS) is 16.1. The minimum absolute atomic E-state index is 0.128. The fraction of sp³-hybridized carbons (Fsp3) is 0.438. The van der Waals surface area contributed by atoms with Gasteiger partial charge in [0.05, 0.1) is 5.60 Å². The number of aryl methyl sites for hydroxylation is 1. The zero-order valence-electron chi connectivity index (χ0n) is 12.8. The second-order valence-electron chi connectivity index (χ2n) is 5.99. The van der Waals surface area contributed by atoms with Crippen LogP contribution in [0.5, 0.6) is 0 Å². The quantitative estimate of drug-likeness (QED) is 0.800. The molecular weight excluding hydrogens is 280 g/mol. The van der Waals surface area contributed by atoms with E-state index in [1.54, 1.807) is 13.1 Å². The molecule has 1 aliphatic carbocycles. The highest BCUT2D eigenvalue weighted by molar-refractivity contribution is 5.56. The van der Waals surface area contributed by atoms with Gasteiger partial charge in [0.25, 0.3) is 5.56 Å². The highest BCUT2D eigenvalue weighted by Gasteiger charge is 2.33. The number of hydrogen-bond acceptors (Lipinski definition) is 5. The topological polar surface area (TPSA) is 90.9 Å². The highest BCUT2D eigenvalue weighted by Crippen LogP contribution is 2.31. The zero-order valence-corrected chi connectivity index (χ0v) is 12.8. The maximum absolute atomic E-state index is 11.8. The molecule has 0 spiro atoms. The molecule has 0 atom stereocenters. The molecule has 6 heteroatoms. The van der Waals surface area contributed by atoms with Crippen LogP contribution in [0.3, 0.4) is 0 Å².